The molecular weight excluding hydrogens is 458 g/mol. The van der Waals surface area contributed by atoms with Crippen LogP contribution in [0.3, 0.4) is 0 Å². The minimum absolute atomic E-state index is 0.0545. The average Bonchev–Trinajstić information content (AvgIpc) is 3.09. The van der Waals surface area contributed by atoms with E-state index in [1.54, 1.807) is 32.1 Å². The fourth-order valence-corrected chi connectivity index (χ4v) is 5.17. The lowest BCUT2D eigenvalue weighted by Crippen LogP contribution is -2.20. The van der Waals surface area contributed by atoms with Gasteiger partial charge in [-0.25, -0.2) is 8.42 Å². The van der Waals surface area contributed by atoms with E-state index in [1.165, 1.54) is 12.1 Å². The first kappa shape index (κ1) is 25.0. The molecule has 168 valence electrons. The lowest BCUT2D eigenvalue weighted by molar-refractivity contribution is -0.114. The summed E-state index contributed by atoms with van der Waals surface area (Å²) in [5.41, 5.74) is 6.83. The molecule has 0 aliphatic carbocycles. The molecule has 2 rings (SSSR count). The quantitative estimate of drug-likeness (QED) is 0.418. The third kappa shape index (κ3) is 7.45. The Morgan fingerprint density at radius 1 is 1.42 bits per heavy atom. The Balaban J connectivity index is 2.01. The molecule has 0 spiro atoms. The number of rotatable bonds is 10. The van der Waals surface area contributed by atoms with Crippen molar-refractivity contribution in [3.63, 3.8) is 0 Å². The standard InChI is InChI=1S/C21H26ClN3O4S2/c1-4-15(22)11-19(26)21(13(2)23)30-14(3)25-16-5-8-18(9-6-16)31(27,28)12-17-7-10-20(24)29-17/h4-6,8-9,17,24-25H,3,7,10-12,23H2,1-2H3/b15-4+,21-13+,24-20?. The summed E-state index contributed by atoms with van der Waals surface area (Å²) in [4.78, 5) is 12.9. The van der Waals surface area contributed by atoms with Gasteiger partial charge in [-0.15, -0.1) is 0 Å². The van der Waals surface area contributed by atoms with E-state index in [2.05, 4.69) is 11.9 Å². The zero-order chi connectivity index (χ0) is 23.2. The van der Waals surface area contributed by atoms with Gasteiger partial charge in [-0.2, -0.15) is 0 Å². The molecule has 0 saturated carbocycles. The van der Waals surface area contributed by atoms with Gasteiger partial charge in [0.1, 0.15) is 6.10 Å². The lowest BCUT2D eigenvalue weighted by atomic mass is 10.2. The number of hydrogen-bond acceptors (Lipinski definition) is 8. The summed E-state index contributed by atoms with van der Waals surface area (Å²) < 4.78 is 30.4. The number of ketones is 1. The second-order valence-electron chi connectivity index (χ2n) is 7.01. The van der Waals surface area contributed by atoms with Gasteiger partial charge in [0.05, 0.1) is 20.6 Å². The van der Waals surface area contributed by atoms with Crippen molar-refractivity contribution >= 4 is 50.6 Å². The highest BCUT2D eigenvalue weighted by atomic mass is 35.5. The molecule has 10 heteroatoms. The Morgan fingerprint density at radius 3 is 2.58 bits per heavy atom. The molecule has 0 amide bonds. The van der Waals surface area contributed by atoms with Crippen LogP contribution in [0.1, 0.15) is 33.1 Å². The van der Waals surface area contributed by atoms with Gasteiger partial charge in [0.2, 0.25) is 0 Å². The molecule has 1 atom stereocenters. The first-order valence-electron chi connectivity index (χ1n) is 9.52. The van der Waals surface area contributed by atoms with Crippen LogP contribution in [-0.2, 0) is 19.4 Å². The fraction of sp³-hybridized carbons (Fsp3) is 0.333. The van der Waals surface area contributed by atoms with Crippen molar-refractivity contribution in [3.8, 4) is 0 Å². The minimum atomic E-state index is -3.53. The number of allylic oxidation sites excluding steroid dienone is 4. The van der Waals surface area contributed by atoms with E-state index >= 15 is 0 Å². The van der Waals surface area contributed by atoms with Gasteiger partial charge < -0.3 is 15.8 Å². The third-order valence-corrected chi connectivity index (χ3v) is 7.64. The molecule has 1 aromatic rings. The predicted molar refractivity (Wildman–Crippen MR) is 127 cm³/mol. The Morgan fingerprint density at radius 2 is 2.06 bits per heavy atom. The van der Waals surface area contributed by atoms with Crippen LogP contribution < -0.4 is 11.1 Å². The average molecular weight is 484 g/mol. The van der Waals surface area contributed by atoms with Crippen LogP contribution in [0.2, 0.25) is 0 Å². The van der Waals surface area contributed by atoms with Gasteiger partial charge in [0, 0.05) is 29.3 Å². The van der Waals surface area contributed by atoms with Gasteiger partial charge in [0.15, 0.2) is 21.5 Å². The number of carbonyl (C=O) groups is 1. The number of sulfone groups is 1. The molecule has 0 bridgehead atoms. The number of thioether (sulfide) groups is 1. The van der Waals surface area contributed by atoms with Gasteiger partial charge >= 0.3 is 0 Å². The van der Waals surface area contributed by atoms with Crippen molar-refractivity contribution in [3.05, 3.63) is 57.6 Å². The van der Waals surface area contributed by atoms with Crippen LogP contribution in [-0.4, -0.2) is 32.0 Å². The lowest BCUT2D eigenvalue weighted by Gasteiger charge is -2.14. The van der Waals surface area contributed by atoms with Crippen LogP contribution in [0.4, 0.5) is 5.69 Å². The van der Waals surface area contributed by atoms with Crippen LogP contribution >= 0.6 is 23.4 Å². The molecule has 1 fully saturated rings. The summed E-state index contributed by atoms with van der Waals surface area (Å²) in [6.07, 6.45) is 2.22. The number of anilines is 1. The number of halogens is 1. The van der Waals surface area contributed by atoms with E-state index in [1.807, 2.05) is 0 Å². The normalized spacial score (nSPS) is 17.7. The Hall–Kier alpha value is -2.23. The van der Waals surface area contributed by atoms with E-state index < -0.39 is 15.9 Å². The Bertz CT molecular complexity index is 1030. The fourth-order valence-electron chi connectivity index (χ4n) is 2.82. The first-order chi connectivity index (χ1) is 14.5. The second kappa shape index (κ2) is 10.9. The van der Waals surface area contributed by atoms with Gasteiger partial charge in [-0.1, -0.05) is 36.0 Å². The number of benzene rings is 1. The summed E-state index contributed by atoms with van der Waals surface area (Å²) in [5.74, 6) is -0.242. The molecule has 31 heavy (non-hydrogen) atoms. The molecule has 1 heterocycles. The molecule has 1 unspecified atom stereocenters. The summed E-state index contributed by atoms with van der Waals surface area (Å²) in [6.45, 7) is 7.29. The van der Waals surface area contributed by atoms with E-state index in [4.69, 9.17) is 27.5 Å². The minimum Gasteiger partial charge on any atom is -0.477 e. The molecule has 1 aromatic carbocycles. The van der Waals surface area contributed by atoms with Crippen LogP contribution in [0.5, 0.6) is 0 Å². The highest BCUT2D eigenvalue weighted by molar-refractivity contribution is 8.07. The van der Waals surface area contributed by atoms with Crippen molar-refractivity contribution in [1.29, 1.82) is 5.41 Å². The SMILES string of the molecule is C=C(Nc1ccc(S(=O)(=O)CC2CCC(=N)O2)cc1)S/C(C(=O)C/C(Cl)=C\C)=C(\C)N. The van der Waals surface area contributed by atoms with Crippen molar-refractivity contribution in [2.75, 3.05) is 11.1 Å². The largest absolute Gasteiger partial charge is 0.477 e. The molecule has 7 nitrogen and oxygen atoms in total. The highest BCUT2D eigenvalue weighted by Crippen LogP contribution is 2.30. The molecule has 1 aliphatic rings. The number of hydrogen-bond donors (Lipinski definition) is 3. The monoisotopic (exact) mass is 483 g/mol. The van der Waals surface area contributed by atoms with Crippen LogP contribution in [0, 0.1) is 5.41 Å². The molecule has 0 radical (unpaired) electrons. The topological polar surface area (TPSA) is 122 Å². The maximum absolute atomic E-state index is 12.6. The van der Waals surface area contributed by atoms with E-state index in [-0.39, 0.29) is 28.8 Å². The predicted octanol–water partition coefficient (Wildman–Crippen LogP) is 4.52. The zero-order valence-electron chi connectivity index (χ0n) is 17.4. The van der Waals surface area contributed by atoms with E-state index in [0.29, 0.717) is 39.2 Å². The van der Waals surface area contributed by atoms with E-state index in [0.717, 1.165) is 11.8 Å². The number of nitrogens with two attached hydrogens (primary N) is 1. The van der Waals surface area contributed by atoms with Gasteiger partial charge in [0.25, 0.3) is 0 Å². The van der Waals surface area contributed by atoms with Gasteiger partial charge in [-0.3, -0.25) is 10.2 Å². The Kier molecular flexibility index (Phi) is 8.79. The molecular formula is C21H26ClN3O4S2. The van der Waals surface area contributed by atoms with Gasteiger partial charge in [-0.05, 0) is 44.5 Å². The number of carbonyl (C=O) groups excluding carboxylic acids is 1. The molecule has 4 N–H and O–H groups in total. The summed E-state index contributed by atoms with van der Waals surface area (Å²) in [6, 6.07) is 6.23. The van der Waals surface area contributed by atoms with E-state index in [9.17, 15) is 13.2 Å². The highest BCUT2D eigenvalue weighted by Gasteiger charge is 2.27. The van der Waals surface area contributed by atoms with Crippen molar-refractivity contribution < 1.29 is 17.9 Å². The number of Topliss-reactive ketones (excluding diaryl/α,β-unsaturated/α-hetero) is 1. The van der Waals surface area contributed by atoms with Crippen molar-refractivity contribution in [2.24, 2.45) is 5.73 Å². The molecule has 1 saturated heterocycles. The Labute approximate surface area is 192 Å². The summed E-state index contributed by atoms with van der Waals surface area (Å²) in [5, 5.41) is 11.4. The van der Waals surface area contributed by atoms with Crippen molar-refractivity contribution in [1.82, 2.24) is 0 Å². The smallest absolute Gasteiger partial charge is 0.182 e. The zero-order valence-corrected chi connectivity index (χ0v) is 19.8. The maximum atomic E-state index is 12.6. The van der Waals surface area contributed by atoms with Crippen molar-refractivity contribution in [2.45, 2.75) is 44.1 Å². The summed E-state index contributed by atoms with van der Waals surface area (Å²) >= 11 is 7.05. The number of nitrogens with one attached hydrogen (secondary N) is 2. The molecule has 0 aromatic heterocycles. The maximum Gasteiger partial charge on any atom is 0.182 e. The van der Waals surface area contributed by atoms with Crippen LogP contribution in [0.25, 0.3) is 0 Å². The van der Waals surface area contributed by atoms with Crippen LogP contribution in [0.15, 0.2) is 62.5 Å². The second-order valence-corrected chi connectivity index (χ2v) is 10.6. The summed E-state index contributed by atoms with van der Waals surface area (Å²) in [7, 11) is -3.53. The molecule has 1 aliphatic heterocycles. The first-order valence-corrected chi connectivity index (χ1v) is 12.4. The third-order valence-electron chi connectivity index (χ3n) is 4.38. The number of ether oxygens (including phenoxy) is 1.